The Bertz CT molecular complexity index is 1170. The molecule has 258 valence electrons. The fourth-order valence-corrected chi connectivity index (χ4v) is 12.5. The number of aliphatic hydroxyl groups excluding tert-OH is 5. The Morgan fingerprint density at radius 3 is 2.20 bits per heavy atom. The summed E-state index contributed by atoms with van der Waals surface area (Å²) in [4.78, 5) is 0. The molecule has 1 aliphatic heterocycles. The van der Waals surface area contributed by atoms with E-state index in [0.717, 1.165) is 44.9 Å². The monoisotopic (exact) mass is 634 g/mol. The van der Waals surface area contributed by atoms with Gasteiger partial charge in [-0.2, -0.15) is 0 Å². The van der Waals surface area contributed by atoms with Crippen LogP contribution in [0.3, 0.4) is 0 Å². The summed E-state index contributed by atoms with van der Waals surface area (Å²) in [5, 5.41) is 54.3. The van der Waals surface area contributed by atoms with E-state index in [1.807, 2.05) is 7.11 Å². The minimum absolute atomic E-state index is 0.0175. The molecule has 5 fully saturated rings. The van der Waals surface area contributed by atoms with Gasteiger partial charge in [-0.1, -0.05) is 60.1 Å². The van der Waals surface area contributed by atoms with E-state index in [1.165, 1.54) is 5.57 Å². The van der Waals surface area contributed by atoms with Gasteiger partial charge >= 0.3 is 0 Å². The Morgan fingerprint density at radius 1 is 0.867 bits per heavy atom. The third-order valence-electron chi connectivity index (χ3n) is 15.4. The number of fused-ring (bicyclic) bond motifs is 7. The highest BCUT2D eigenvalue weighted by atomic mass is 16.7. The molecule has 5 N–H and O–H groups in total. The number of ether oxygens (including phenoxy) is 3. The lowest BCUT2D eigenvalue weighted by Gasteiger charge is -2.73. The molecule has 0 spiro atoms. The molecule has 0 aromatic carbocycles. The van der Waals surface area contributed by atoms with Crippen LogP contribution in [0.2, 0.25) is 0 Å². The van der Waals surface area contributed by atoms with Crippen molar-refractivity contribution < 1.29 is 39.7 Å². The second kappa shape index (κ2) is 11.0. The number of aliphatic hydroxyl groups is 5. The zero-order chi connectivity index (χ0) is 33.1. The van der Waals surface area contributed by atoms with Gasteiger partial charge in [0, 0.05) is 18.4 Å². The first-order valence-electron chi connectivity index (χ1n) is 17.7. The van der Waals surface area contributed by atoms with E-state index in [1.54, 1.807) is 6.92 Å². The number of allylic oxidation sites excluding steroid dienone is 1. The van der Waals surface area contributed by atoms with Gasteiger partial charge in [-0.15, -0.1) is 0 Å². The normalized spacial score (nSPS) is 55.4. The van der Waals surface area contributed by atoms with Crippen LogP contribution < -0.4 is 0 Å². The van der Waals surface area contributed by atoms with E-state index >= 15 is 0 Å². The molecule has 8 nitrogen and oxygen atoms in total. The highest BCUT2D eigenvalue weighted by Crippen LogP contribution is 2.76. The molecule has 0 aromatic heterocycles. The lowest BCUT2D eigenvalue weighted by Crippen LogP contribution is -2.69. The first-order chi connectivity index (χ1) is 20.8. The summed E-state index contributed by atoms with van der Waals surface area (Å²) >= 11 is 0. The molecule has 0 amide bonds. The van der Waals surface area contributed by atoms with Crippen molar-refractivity contribution in [3.05, 3.63) is 11.6 Å². The fraction of sp³-hybridized carbons (Fsp3) is 0.946. The van der Waals surface area contributed by atoms with Gasteiger partial charge < -0.3 is 39.7 Å². The summed E-state index contributed by atoms with van der Waals surface area (Å²) in [5.41, 5.74) is 0.410. The van der Waals surface area contributed by atoms with Crippen molar-refractivity contribution in [2.45, 2.75) is 156 Å². The van der Waals surface area contributed by atoms with Crippen molar-refractivity contribution in [1.82, 2.24) is 0 Å². The standard InChI is InChI=1S/C37H62O8/c1-20-27(40)28(41)29(42)31(44-20)45-26-11-12-34(6)24(33(26,4)5)10-13-35(7)30(34)23(43-9)16-21-22-17-32(2,3)14-15-37(22,19-38)25(39)18-36(21,35)8/h16,20,22-31,38-42H,10-15,17-19H2,1-9H3/t20-,22+,23-,24+,25+,26+,27+,28+,29-,30-,31+,34+,35-,36-,37-/m1/s1. The maximum absolute atomic E-state index is 12.0. The van der Waals surface area contributed by atoms with Gasteiger partial charge in [0.2, 0.25) is 0 Å². The maximum Gasteiger partial charge on any atom is 0.186 e. The lowest BCUT2D eigenvalue weighted by molar-refractivity contribution is -0.326. The summed E-state index contributed by atoms with van der Waals surface area (Å²) in [6.45, 7) is 18.3. The molecule has 1 saturated heterocycles. The summed E-state index contributed by atoms with van der Waals surface area (Å²) in [6.07, 6.45) is 3.41. The van der Waals surface area contributed by atoms with Crippen molar-refractivity contribution in [1.29, 1.82) is 0 Å². The second-order valence-electron chi connectivity index (χ2n) is 18.3. The van der Waals surface area contributed by atoms with Gasteiger partial charge in [0.15, 0.2) is 6.29 Å². The van der Waals surface area contributed by atoms with E-state index < -0.39 is 42.2 Å². The molecule has 45 heavy (non-hydrogen) atoms. The largest absolute Gasteiger partial charge is 0.396 e. The Hall–Kier alpha value is -0.580. The van der Waals surface area contributed by atoms with Crippen LogP contribution in [-0.2, 0) is 14.2 Å². The van der Waals surface area contributed by atoms with Crippen molar-refractivity contribution in [2.24, 2.45) is 50.2 Å². The Labute approximate surface area is 270 Å². The first kappa shape index (κ1) is 34.3. The Balaban J connectivity index is 1.36. The Kier molecular flexibility index (Phi) is 8.35. The van der Waals surface area contributed by atoms with Crippen molar-refractivity contribution in [3.8, 4) is 0 Å². The summed E-state index contributed by atoms with van der Waals surface area (Å²) in [7, 11) is 1.85. The van der Waals surface area contributed by atoms with Crippen LogP contribution in [-0.4, -0.2) is 88.3 Å². The minimum atomic E-state index is -1.32. The molecule has 4 saturated carbocycles. The molecule has 5 aliphatic carbocycles. The molecular formula is C37H62O8. The van der Waals surface area contributed by atoms with E-state index in [-0.39, 0.29) is 57.7 Å². The average Bonchev–Trinajstić information content (AvgIpc) is 2.96. The maximum atomic E-state index is 12.0. The van der Waals surface area contributed by atoms with Crippen LogP contribution >= 0.6 is 0 Å². The van der Waals surface area contributed by atoms with Crippen molar-refractivity contribution in [2.75, 3.05) is 13.7 Å². The molecular weight excluding hydrogens is 572 g/mol. The number of rotatable bonds is 4. The molecule has 0 unspecified atom stereocenters. The van der Waals surface area contributed by atoms with Crippen molar-refractivity contribution in [3.63, 3.8) is 0 Å². The molecule has 0 bridgehead atoms. The number of hydrogen-bond acceptors (Lipinski definition) is 8. The number of methoxy groups -OCH3 is 1. The third kappa shape index (κ3) is 4.66. The quantitative estimate of drug-likeness (QED) is 0.225. The molecule has 1 heterocycles. The molecule has 0 aromatic rings. The molecule has 6 aliphatic rings. The van der Waals surface area contributed by atoms with Crippen LogP contribution in [0, 0.1) is 50.2 Å². The topological polar surface area (TPSA) is 129 Å². The Morgan fingerprint density at radius 2 is 1.56 bits per heavy atom. The summed E-state index contributed by atoms with van der Waals surface area (Å²) < 4.78 is 18.9. The van der Waals surface area contributed by atoms with Gasteiger partial charge in [-0.25, -0.2) is 0 Å². The smallest absolute Gasteiger partial charge is 0.186 e. The van der Waals surface area contributed by atoms with E-state index in [4.69, 9.17) is 14.2 Å². The molecule has 6 rings (SSSR count). The predicted molar refractivity (Wildman–Crippen MR) is 171 cm³/mol. The van der Waals surface area contributed by atoms with Crippen LogP contribution in [0.15, 0.2) is 11.6 Å². The third-order valence-corrected chi connectivity index (χ3v) is 15.4. The zero-order valence-electron chi connectivity index (χ0n) is 29.3. The van der Waals surface area contributed by atoms with E-state index in [0.29, 0.717) is 12.3 Å². The predicted octanol–water partition coefficient (Wildman–Crippen LogP) is 4.59. The molecule has 15 atom stereocenters. The van der Waals surface area contributed by atoms with Crippen molar-refractivity contribution >= 4 is 0 Å². The fourth-order valence-electron chi connectivity index (χ4n) is 12.5. The van der Waals surface area contributed by atoms with Gasteiger partial charge in [-0.05, 0) is 97.2 Å². The van der Waals surface area contributed by atoms with Gasteiger partial charge in [0.05, 0.1) is 31.0 Å². The zero-order valence-corrected chi connectivity index (χ0v) is 29.3. The lowest BCUT2D eigenvalue weighted by atomic mass is 9.33. The highest BCUT2D eigenvalue weighted by Gasteiger charge is 2.72. The number of hydrogen-bond donors (Lipinski definition) is 5. The first-order valence-corrected chi connectivity index (χ1v) is 17.7. The molecule has 0 radical (unpaired) electrons. The average molecular weight is 635 g/mol. The summed E-state index contributed by atoms with van der Waals surface area (Å²) in [5.74, 6) is 0.659. The van der Waals surface area contributed by atoms with E-state index in [9.17, 15) is 25.5 Å². The van der Waals surface area contributed by atoms with Gasteiger partial charge in [-0.3, -0.25) is 0 Å². The van der Waals surface area contributed by atoms with Gasteiger partial charge in [0.25, 0.3) is 0 Å². The molecule has 8 heteroatoms. The van der Waals surface area contributed by atoms with Crippen LogP contribution in [0.4, 0.5) is 0 Å². The highest BCUT2D eigenvalue weighted by molar-refractivity contribution is 5.37. The van der Waals surface area contributed by atoms with Gasteiger partial charge in [0.1, 0.15) is 18.3 Å². The van der Waals surface area contributed by atoms with Crippen LogP contribution in [0.25, 0.3) is 0 Å². The minimum Gasteiger partial charge on any atom is -0.396 e. The van der Waals surface area contributed by atoms with Crippen LogP contribution in [0.1, 0.15) is 107 Å². The van der Waals surface area contributed by atoms with Crippen LogP contribution in [0.5, 0.6) is 0 Å². The van der Waals surface area contributed by atoms with E-state index in [2.05, 4.69) is 54.5 Å². The SMILES string of the molecule is CO[C@@H]1C=C2[C@@H]3CC(C)(C)CC[C@]3(CO)[C@@H](O)C[C@@]2(C)[C@]2(C)CC[C@H]3C(C)(C)[C@@H](O[C@@H]4O[C@H](C)[C@H](O)[C@H](O)[C@H]4O)CC[C@]3(C)[C@@H]12. The summed E-state index contributed by atoms with van der Waals surface area (Å²) in [6, 6.07) is 0. The second-order valence-corrected chi connectivity index (χ2v) is 18.3.